The predicted molar refractivity (Wildman–Crippen MR) is 403 cm³/mol. The number of aromatic nitrogens is 3. The topological polar surface area (TPSA) is 61.5 Å². The molecular formula is C89H61BN4O3. The molecule has 17 aromatic rings. The summed E-state index contributed by atoms with van der Waals surface area (Å²) in [5, 5.41) is 7.64. The van der Waals surface area contributed by atoms with Crippen LogP contribution < -0.4 is 26.0 Å². The number of hydrogen-bond donors (Lipinski definition) is 0. The maximum absolute atomic E-state index is 7.71. The van der Waals surface area contributed by atoms with Crippen molar-refractivity contribution in [1.29, 1.82) is 0 Å². The molecule has 5 aromatic heterocycles. The highest BCUT2D eigenvalue weighted by Gasteiger charge is 2.44. The van der Waals surface area contributed by atoms with E-state index in [2.05, 4.69) is 319 Å². The van der Waals surface area contributed by atoms with Crippen molar-refractivity contribution >= 4 is 123 Å². The second kappa shape index (κ2) is 21.2. The van der Waals surface area contributed by atoms with Gasteiger partial charge in [-0.05, 0) is 134 Å². The molecule has 2 aliphatic heterocycles. The van der Waals surface area contributed by atoms with E-state index in [1.165, 1.54) is 38.6 Å². The van der Waals surface area contributed by atoms with Gasteiger partial charge in [0.1, 0.15) is 33.8 Å². The first-order valence-corrected chi connectivity index (χ1v) is 33.6. The fraction of sp³-hybridized carbons (Fsp3) is 0.0674. The summed E-state index contributed by atoms with van der Waals surface area (Å²) in [6.45, 7) is 6.69. The molecule has 1 aliphatic carbocycles. The summed E-state index contributed by atoms with van der Waals surface area (Å²) < 4.78 is 27.1. The molecule has 458 valence electrons. The van der Waals surface area contributed by atoms with Crippen LogP contribution in [0.25, 0.3) is 139 Å². The Kier molecular flexibility index (Phi) is 12.1. The summed E-state index contributed by atoms with van der Waals surface area (Å²) in [4.78, 5) is 7.24. The van der Waals surface area contributed by atoms with Crippen LogP contribution in [0.2, 0.25) is 0 Å². The number of rotatable bonds is 7. The maximum Gasteiger partial charge on any atom is 0.256 e. The van der Waals surface area contributed by atoms with E-state index in [-0.39, 0.29) is 12.1 Å². The highest BCUT2D eigenvalue weighted by molar-refractivity contribution is 6.99. The lowest BCUT2D eigenvalue weighted by Gasteiger charge is -2.41. The third-order valence-electron chi connectivity index (χ3n) is 20.7. The van der Waals surface area contributed by atoms with Gasteiger partial charge in [-0.2, -0.15) is 0 Å². The molecule has 0 spiro atoms. The van der Waals surface area contributed by atoms with E-state index in [4.69, 9.17) is 13.6 Å². The second-order valence-electron chi connectivity index (χ2n) is 27.2. The van der Waals surface area contributed by atoms with E-state index in [0.717, 1.165) is 169 Å². The quantitative estimate of drug-likeness (QED) is 0.118. The normalized spacial score (nSPS) is 14.1. The van der Waals surface area contributed by atoms with Crippen LogP contribution in [0.1, 0.15) is 44.0 Å². The monoisotopic (exact) mass is 1240 g/mol. The molecule has 12 aromatic carbocycles. The van der Waals surface area contributed by atoms with Crippen LogP contribution in [-0.4, -0.2) is 20.8 Å². The largest absolute Gasteiger partial charge is 0.458 e. The molecule has 0 radical (unpaired) electrons. The van der Waals surface area contributed by atoms with Crippen molar-refractivity contribution in [1.82, 2.24) is 14.1 Å². The minimum atomic E-state index is -0.235. The first-order chi connectivity index (χ1) is 47.8. The Morgan fingerprint density at radius 3 is 1.93 bits per heavy atom. The lowest BCUT2D eigenvalue weighted by Crippen LogP contribution is -2.59. The third-order valence-corrected chi connectivity index (χ3v) is 20.7. The predicted octanol–water partition coefficient (Wildman–Crippen LogP) is 21.8. The fourth-order valence-electron chi connectivity index (χ4n) is 16.3. The van der Waals surface area contributed by atoms with Gasteiger partial charge in [-0.3, -0.25) is 4.98 Å². The van der Waals surface area contributed by atoms with Crippen LogP contribution in [-0.2, 0) is 11.8 Å². The lowest BCUT2D eigenvalue weighted by molar-refractivity contribution is 0.487. The van der Waals surface area contributed by atoms with E-state index < -0.39 is 0 Å². The molecule has 0 saturated heterocycles. The summed E-state index contributed by atoms with van der Waals surface area (Å²) >= 11 is 0. The molecule has 0 saturated carbocycles. The zero-order valence-electron chi connectivity index (χ0n) is 53.7. The van der Waals surface area contributed by atoms with Crippen molar-refractivity contribution in [3.63, 3.8) is 0 Å². The average Bonchev–Trinajstić information content (AvgIpc) is 0.995. The molecule has 97 heavy (non-hydrogen) atoms. The Labute approximate surface area is 560 Å². The molecule has 0 amide bonds. The van der Waals surface area contributed by atoms with Gasteiger partial charge in [0.05, 0.1) is 28.4 Å². The molecule has 7 nitrogen and oxygen atoms in total. The summed E-state index contributed by atoms with van der Waals surface area (Å²) in [7, 11) is 0. The number of fused-ring (bicyclic) bond motifs is 17. The molecule has 3 aliphatic rings. The smallest absolute Gasteiger partial charge is 0.256 e. The van der Waals surface area contributed by atoms with E-state index in [1.54, 1.807) is 0 Å². The van der Waals surface area contributed by atoms with Gasteiger partial charge in [0.2, 0.25) is 0 Å². The number of para-hydroxylation sites is 4. The minimum Gasteiger partial charge on any atom is -0.458 e. The van der Waals surface area contributed by atoms with Gasteiger partial charge in [0.25, 0.3) is 6.71 Å². The van der Waals surface area contributed by atoms with Gasteiger partial charge < -0.3 is 27.6 Å². The van der Waals surface area contributed by atoms with Gasteiger partial charge in [-0.25, -0.2) is 0 Å². The minimum absolute atomic E-state index is 0.133. The number of nitrogens with zero attached hydrogens (tertiary/aromatic N) is 4. The standard InChI is InChI=1S/C89H61BN4O3/c1-89(2,3)57-39-44-76(69(49-57)55-25-10-7-11-26-55)94-77-50-58(92-73-35-13-5-4-12-29-63(73)64-30-16-19-36-74(64)92)40-42-71(77)90-72-43-41-59(93-75-37-20-17-31-65(75)66-45-46-91-53-79(66)93)51-81(72)95-83-48-56(47-78(94)86(83)90)61-33-22-34-68-84-82(97-87(61)68)52-70(88-85(84)67-32-18-21-38-80(67)96-88)62-28-15-14-27-60(62)54-23-8-6-9-24-54/h5-34,36-53H,4,35H2,1-3H3/b13-5-,29-12-. The van der Waals surface area contributed by atoms with Crippen molar-refractivity contribution in [2.24, 2.45) is 0 Å². The molecule has 0 bridgehead atoms. The van der Waals surface area contributed by atoms with Gasteiger partial charge >= 0.3 is 0 Å². The molecule has 0 atom stereocenters. The highest BCUT2D eigenvalue weighted by Crippen LogP contribution is 2.52. The number of furan rings is 2. The summed E-state index contributed by atoms with van der Waals surface area (Å²) in [5.74, 6) is 1.58. The lowest BCUT2D eigenvalue weighted by atomic mass is 9.34. The molecule has 0 unspecified atom stereocenters. The Morgan fingerprint density at radius 2 is 1.10 bits per heavy atom. The Bertz CT molecular complexity index is 6180. The maximum atomic E-state index is 7.71. The van der Waals surface area contributed by atoms with Gasteiger partial charge in [0.15, 0.2) is 0 Å². The van der Waals surface area contributed by atoms with E-state index in [1.807, 2.05) is 12.4 Å². The van der Waals surface area contributed by atoms with Crippen LogP contribution in [0.15, 0.2) is 294 Å². The van der Waals surface area contributed by atoms with Crippen molar-refractivity contribution < 1.29 is 13.6 Å². The highest BCUT2D eigenvalue weighted by atomic mass is 16.5. The number of ether oxygens (including phenoxy) is 1. The Morgan fingerprint density at radius 1 is 0.423 bits per heavy atom. The second-order valence-corrected chi connectivity index (χ2v) is 27.2. The first kappa shape index (κ1) is 55.3. The molecular weight excluding hydrogens is 1180 g/mol. The van der Waals surface area contributed by atoms with E-state index >= 15 is 0 Å². The molecule has 20 rings (SSSR count). The molecule has 0 fully saturated rings. The van der Waals surface area contributed by atoms with Gasteiger partial charge in [-0.1, -0.05) is 221 Å². The summed E-state index contributed by atoms with van der Waals surface area (Å²) in [6.07, 6.45) is 14.8. The van der Waals surface area contributed by atoms with Crippen molar-refractivity contribution in [3.8, 4) is 67.4 Å². The van der Waals surface area contributed by atoms with Gasteiger partial charge in [0, 0.05) is 107 Å². The van der Waals surface area contributed by atoms with E-state index in [0.29, 0.717) is 0 Å². The third kappa shape index (κ3) is 8.39. The zero-order chi connectivity index (χ0) is 64.2. The molecule has 0 N–H and O–H groups in total. The first-order valence-electron chi connectivity index (χ1n) is 33.6. The number of hydrogen-bond acceptors (Lipinski definition) is 5. The SMILES string of the molecule is CC(C)(C)c1ccc(N2c3cc(-n4c5c(c6ccccc64)/C=C\C/C=C\C5)ccc3B3c4ccc(-n5c6ccccc6c6ccncc65)cc4Oc4cc(-c5cccc6c5oc5cc(-c7ccccc7-c7ccccc7)c7oc8ccccc8c7c56)cc2c43)c(-c2ccccc2)c1. The van der Waals surface area contributed by atoms with Crippen LogP contribution in [0.4, 0.5) is 17.1 Å². The van der Waals surface area contributed by atoms with Crippen molar-refractivity contribution in [2.75, 3.05) is 4.90 Å². The summed E-state index contributed by atoms with van der Waals surface area (Å²) in [6, 6.07) is 93.0. The van der Waals surface area contributed by atoms with Crippen LogP contribution >= 0.6 is 0 Å². The number of benzene rings is 12. The average molecular weight is 1250 g/mol. The summed E-state index contributed by atoms with van der Waals surface area (Å²) in [5.41, 5.74) is 27.3. The van der Waals surface area contributed by atoms with Crippen LogP contribution in [0, 0.1) is 0 Å². The Balaban J connectivity index is 0.879. The number of allylic oxidation sites excluding steroid dienone is 3. The zero-order valence-corrected chi connectivity index (χ0v) is 53.7. The Hall–Kier alpha value is -12.1. The van der Waals surface area contributed by atoms with Gasteiger partial charge in [-0.15, -0.1) is 0 Å². The number of pyridine rings is 1. The van der Waals surface area contributed by atoms with Crippen LogP contribution in [0.5, 0.6) is 11.5 Å². The molecule has 7 heterocycles. The number of anilines is 3. The van der Waals surface area contributed by atoms with E-state index in [9.17, 15) is 0 Å². The van der Waals surface area contributed by atoms with Crippen molar-refractivity contribution in [3.05, 3.63) is 302 Å². The van der Waals surface area contributed by atoms with Crippen LogP contribution in [0.3, 0.4) is 0 Å². The van der Waals surface area contributed by atoms with Crippen molar-refractivity contribution in [2.45, 2.75) is 39.0 Å². The fourth-order valence-corrected chi connectivity index (χ4v) is 16.3. The molecule has 8 heteroatoms.